The number of hydrogen-bond acceptors (Lipinski definition) is 5. The van der Waals surface area contributed by atoms with E-state index in [0.717, 1.165) is 53.3 Å². The molecule has 1 aliphatic heterocycles. The van der Waals surface area contributed by atoms with Crippen molar-refractivity contribution in [3.05, 3.63) is 66.3 Å². The van der Waals surface area contributed by atoms with Crippen LogP contribution >= 0.6 is 11.3 Å². The molecule has 4 heterocycles. The van der Waals surface area contributed by atoms with Gasteiger partial charge >= 0.3 is 0 Å². The van der Waals surface area contributed by atoms with Crippen LogP contribution in [0.15, 0.2) is 60.5 Å². The fourth-order valence-electron chi connectivity index (χ4n) is 3.71. The summed E-state index contributed by atoms with van der Waals surface area (Å²) >= 11 is 1.60. The summed E-state index contributed by atoms with van der Waals surface area (Å²) < 4.78 is 13.4. The Kier molecular flexibility index (Phi) is 4.37. The Hall–Kier alpha value is -3.06. The first-order valence-corrected chi connectivity index (χ1v) is 10.1. The standard InChI is InChI=1S/C21H18FN5S/c22-16-3-1-15(2-4-16)18-13-28-21-19(18)20(24-14-25-21)27-11-9-26(10-12-27)17-5-7-23-8-6-17/h1-8,13-14H,9-12H2/p+1. The van der Waals surface area contributed by atoms with Crippen LogP contribution in [0.25, 0.3) is 21.3 Å². The van der Waals surface area contributed by atoms with E-state index in [9.17, 15) is 4.39 Å². The fourth-order valence-corrected chi connectivity index (χ4v) is 4.62. The zero-order chi connectivity index (χ0) is 18.9. The lowest BCUT2D eigenvalue weighted by atomic mass is 10.1. The number of benzene rings is 1. The topological polar surface area (TPSA) is 46.4 Å². The summed E-state index contributed by atoms with van der Waals surface area (Å²) in [5, 5.41) is 3.15. The van der Waals surface area contributed by atoms with Gasteiger partial charge in [0.25, 0.3) is 0 Å². The highest BCUT2D eigenvalue weighted by Gasteiger charge is 2.22. The second-order valence-electron chi connectivity index (χ2n) is 6.77. The van der Waals surface area contributed by atoms with Crippen LogP contribution in [0.3, 0.4) is 0 Å². The minimum atomic E-state index is -0.227. The molecule has 0 saturated carbocycles. The van der Waals surface area contributed by atoms with Crippen LogP contribution in [-0.2, 0) is 0 Å². The molecule has 5 rings (SSSR count). The molecule has 0 atom stereocenters. The van der Waals surface area contributed by atoms with Gasteiger partial charge in [-0.1, -0.05) is 12.1 Å². The summed E-state index contributed by atoms with van der Waals surface area (Å²) in [7, 11) is 0. The highest BCUT2D eigenvalue weighted by atomic mass is 32.1. The minimum Gasteiger partial charge on any atom is -0.368 e. The molecule has 1 saturated heterocycles. The normalized spacial score (nSPS) is 14.6. The highest BCUT2D eigenvalue weighted by Crippen LogP contribution is 2.38. The first-order valence-electron chi connectivity index (χ1n) is 9.24. The number of halogens is 1. The third-order valence-electron chi connectivity index (χ3n) is 5.15. The molecule has 0 amide bonds. The van der Waals surface area contributed by atoms with Gasteiger partial charge in [0.15, 0.2) is 12.4 Å². The molecule has 1 aromatic carbocycles. The van der Waals surface area contributed by atoms with Crippen molar-refractivity contribution in [2.75, 3.05) is 36.0 Å². The van der Waals surface area contributed by atoms with Gasteiger partial charge in [0.2, 0.25) is 0 Å². The number of anilines is 2. The van der Waals surface area contributed by atoms with Crippen molar-refractivity contribution >= 4 is 33.1 Å². The molecule has 7 heteroatoms. The molecule has 28 heavy (non-hydrogen) atoms. The summed E-state index contributed by atoms with van der Waals surface area (Å²) in [5.41, 5.74) is 3.29. The molecule has 0 spiro atoms. The number of hydrogen-bond donors (Lipinski definition) is 0. The number of H-pyrrole nitrogens is 1. The van der Waals surface area contributed by atoms with Gasteiger partial charge in [-0.2, -0.15) is 0 Å². The zero-order valence-corrected chi connectivity index (χ0v) is 16.0. The van der Waals surface area contributed by atoms with Crippen molar-refractivity contribution in [1.82, 2.24) is 9.97 Å². The smallest absolute Gasteiger partial charge is 0.169 e. The van der Waals surface area contributed by atoms with E-state index >= 15 is 0 Å². The molecule has 0 bridgehead atoms. The maximum Gasteiger partial charge on any atom is 0.169 e. The molecule has 1 N–H and O–H groups in total. The van der Waals surface area contributed by atoms with Gasteiger partial charge in [0.05, 0.1) is 5.39 Å². The number of thiophene rings is 1. The van der Waals surface area contributed by atoms with Gasteiger partial charge in [-0.3, -0.25) is 0 Å². The number of aromatic amines is 1. The molecule has 4 aromatic rings. The molecular weight excluding hydrogens is 373 g/mol. The molecular formula is C21H19FN5S+. The number of piperazine rings is 1. The van der Waals surface area contributed by atoms with E-state index in [1.165, 1.54) is 17.8 Å². The molecule has 0 unspecified atom stereocenters. The lowest BCUT2D eigenvalue weighted by molar-refractivity contribution is -0.377. The molecule has 140 valence electrons. The van der Waals surface area contributed by atoms with Gasteiger partial charge in [-0.05, 0) is 17.7 Å². The van der Waals surface area contributed by atoms with Crippen LogP contribution in [0.4, 0.5) is 15.9 Å². The number of nitrogens with zero attached hydrogens (tertiary/aromatic N) is 4. The molecule has 1 aliphatic rings. The van der Waals surface area contributed by atoms with E-state index in [-0.39, 0.29) is 5.82 Å². The highest BCUT2D eigenvalue weighted by molar-refractivity contribution is 7.17. The van der Waals surface area contributed by atoms with Crippen LogP contribution in [0.1, 0.15) is 0 Å². The van der Waals surface area contributed by atoms with Gasteiger partial charge in [-0.15, -0.1) is 11.3 Å². The molecule has 3 aromatic heterocycles. The van der Waals surface area contributed by atoms with Crippen LogP contribution in [-0.4, -0.2) is 36.1 Å². The largest absolute Gasteiger partial charge is 0.368 e. The van der Waals surface area contributed by atoms with Crippen LogP contribution < -0.4 is 14.8 Å². The van der Waals surface area contributed by atoms with Crippen LogP contribution in [0.2, 0.25) is 0 Å². The van der Waals surface area contributed by atoms with Gasteiger partial charge in [0.1, 0.15) is 22.8 Å². The number of nitrogens with one attached hydrogen (secondary N) is 1. The average molecular weight is 392 g/mol. The van der Waals surface area contributed by atoms with Crippen molar-refractivity contribution in [3.8, 4) is 11.1 Å². The van der Waals surface area contributed by atoms with E-state index < -0.39 is 0 Å². The lowest BCUT2D eigenvalue weighted by Crippen LogP contribution is -2.47. The Morgan fingerprint density at radius 3 is 2.36 bits per heavy atom. The van der Waals surface area contributed by atoms with Gasteiger partial charge in [-0.25, -0.2) is 19.3 Å². The van der Waals surface area contributed by atoms with Gasteiger partial charge in [0, 0.05) is 54.9 Å². The van der Waals surface area contributed by atoms with Crippen molar-refractivity contribution in [1.29, 1.82) is 0 Å². The van der Waals surface area contributed by atoms with E-state index in [4.69, 9.17) is 0 Å². The predicted molar refractivity (Wildman–Crippen MR) is 110 cm³/mol. The second-order valence-corrected chi connectivity index (χ2v) is 7.62. The number of aromatic nitrogens is 3. The number of rotatable bonds is 3. The summed E-state index contributed by atoms with van der Waals surface area (Å²) in [5.74, 6) is 0.737. The predicted octanol–water partition coefficient (Wildman–Crippen LogP) is 3.64. The van der Waals surface area contributed by atoms with Crippen LogP contribution in [0, 0.1) is 5.82 Å². The molecule has 5 nitrogen and oxygen atoms in total. The first-order chi connectivity index (χ1) is 13.8. The Morgan fingerprint density at radius 2 is 1.61 bits per heavy atom. The summed E-state index contributed by atoms with van der Waals surface area (Å²) in [6, 6.07) is 10.8. The van der Waals surface area contributed by atoms with E-state index in [0.29, 0.717) is 0 Å². The molecule has 1 fully saturated rings. The quantitative estimate of drug-likeness (QED) is 0.534. The van der Waals surface area contributed by atoms with Crippen molar-refractivity contribution in [2.45, 2.75) is 0 Å². The van der Waals surface area contributed by atoms with Crippen LogP contribution in [0.5, 0.6) is 0 Å². The third-order valence-corrected chi connectivity index (χ3v) is 6.04. The summed E-state index contributed by atoms with van der Waals surface area (Å²) in [6.07, 6.45) is 5.55. The Balaban J connectivity index is 1.47. The van der Waals surface area contributed by atoms with Crippen molar-refractivity contribution < 1.29 is 9.37 Å². The maximum atomic E-state index is 13.4. The lowest BCUT2D eigenvalue weighted by Gasteiger charge is -2.36. The molecule has 0 radical (unpaired) electrons. The summed E-state index contributed by atoms with van der Waals surface area (Å²) in [4.78, 5) is 17.8. The monoisotopic (exact) mass is 392 g/mol. The summed E-state index contributed by atoms with van der Waals surface area (Å²) in [6.45, 7) is 3.66. The first kappa shape index (κ1) is 17.1. The van der Waals surface area contributed by atoms with Crippen molar-refractivity contribution in [2.24, 2.45) is 0 Å². The Morgan fingerprint density at radius 1 is 0.893 bits per heavy atom. The van der Waals surface area contributed by atoms with Crippen molar-refractivity contribution in [3.63, 3.8) is 0 Å². The Bertz CT molecular complexity index is 1090. The van der Waals surface area contributed by atoms with E-state index in [1.807, 2.05) is 24.5 Å². The number of pyridine rings is 1. The second kappa shape index (κ2) is 7.16. The van der Waals surface area contributed by atoms with E-state index in [2.05, 4.69) is 42.3 Å². The Labute approximate surface area is 166 Å². The SMILES string of the molecule is Fc1ccc(-c2csc3ncnc(N4CCN(c5cc[nH+]cc5)CC4)c23)cc1. The maximum absolute atomic E-state index is 13.4. The number of fused-ring (bicyclic) bond motifs is 1. The fraction of sp³-hybridized carbons (Fsp3) is 0.190. The van der Waals surface area contributed by atoms with E-state index in [1.54, 1.807) is 17.7 Å². The molecule has 0 aliphatic carbocycles. The third kappa shape index (κ3) is 3.07. The minimum absolute atomic E-state index is 0.227. The average Bonchev–Trinajstić information content (AvgIpc) is 3.19. The van der Waals surface area contributed by atoms with Gasteiger partial charge < -0.3 is 9.80 Å². The zero-order valence-electron chi connectivity index (χ0n) is 15.2.